The number of hydrogen-bond donors (Lipinski definition) is 2. The van der Waals surface area contributed by atoms with Crippen LogP contribution in [0.5, 0.6) is 0 Å². The molecule has 1 saturated heterocycles. The van der Waals surface area contributed by atoms with Gasteiger partial charge in [0.05, 0.1) is 6.04 Å². The first-order valence-corrected chi connectivity index (χ1v) is 4.87. The smallest absolute Gasteiger partial charge is 0.0510 e. The molecule has 0 spiro atoms. The van der Waals surface area contributed by atoms with Crippen LogP contribution in [-0.2, 0) is 0 Å². The lowest BCUT2D eigenvalue weighted by atomic mass is 10.1. The van der Waals surface area contributed by atoms with Crippen LogP contribution in [0.15, 0.2) is 18.2 Å². The Balaban J connectivity index is 2.13. The molecule has 1 aliphatic rings. The van der Waals surface area contributed by atoms with Crippen molar-refractivity contribution in [3.8, 4) is 0 Å². The maximum Gasteiger partial charge on any atom is 0.0510 e. The minimum Gasteiger partial charge on any atom is -0.379 e. The van der Waals surface area contributed by atoms with Gasteiger partial charge in [-0.3, -0.25) is 0 Å². The molecule has 13 heavy (non-hydrogen) atoms. The fraction of sp³-hybridized carbons (Fsp3) is 0.400. The fourth-order valence-corrected chi connectivity index (χ4v) is 1.53. The molecule has 70 valence electrons. The van der Waals surface area contributed by atoms with E-state index in [1.165, 1.54) is 5.56 Å². The molecule has 1 aliphatic heterocycles. The molecule has 0 unspecified atom stereocenters. The first kappa shape index (κ1) is 8.85. The molecule has 0 bridgehead atoms. The standard InChI is InChI=1S/C10H13ClN2/c1-7-2-3-8(11)4-10(7)13-9-5-12-6-9/h2-4,9,12-13H,5-6H2,1H3. The Morgan fingerprint density at radius 1 is 1.46 bits per heavy atom. The molecule has 0 saturated carbocycles. The zero-order valence-corrected chi connectivity index (χ0v) is 8.36. The van der Waals surface area contributed by atoms with Crippen molar-refractivity contribution in [1.82, 2.24) is 5.32 Å². The van der Waals surface area contributed by atoms with Crippen molar-refractivity contribution >= 4 is 17.3 Å². The summed E-state index contributed by atoms with van der Waals surface area (Å²) in [6.07, 6.45) is 0. The Morgan fingerprint density at radius 3 is 2.85 bits per heavy atom. The highest BCUT2D eigenvalue weighted by molar-refractivity contribution is 6.30. The molecule has 0 radical (unpaired) electrons. The van der Waals surface area contributed by atoms with Gasteiger partial charge in [0, 0.05) is 23.8 Å². The number of hydrogen-bond acceptors (Lipinski definition) is 2. The normalized spacial score (nSPS) is 16.8. The first-order chi connectivity index (χ1) is 6.25. The summed E-state index contributed by atoms with van der Waals surface area (Å²) in [5, 5.41) is 7.45. The van der Waals surface area contributed by atoms with Gasteiger partial charge in [-0.15, -0.1) is 0 Å². The molecule has 3 heteroatoms. The van der Waals surface area contributed by atoms with Crippen LogP contribution in [0.1, 0.15) is 5.56 Å². The van der Waals surface area contributed by atoms with E-state index in [-0.39, 0.29) is 0 Å². The predicted molar refractivity (Wildman–Crippen MR) is 56.5 cm³/mol. The highest BCUT2D eigenvalue weighted by atomic mass is 35.5. The van der Waals surface area contributed by atoms with Crippen molar-refractivity contribution in [2.24, 2.45) is 0 Å². The van der Waals surface area contributed by atoms with Crippen LogP contribution in [0.3, 0.4) is 0 Å². The molecule has 2 nitrogen and oxygen atoms in total. The summed E-state index contributed by atoms with van der Waals surface area (Å²) < 4.78 is 0. The SMILES string of the molecule is Cc1ccc(Cl)cc1NC1CNC1. The van der Waals surface area contributed by atoms with E-state index in [1.807, 2.05) is 18.2 Å². The molecule has 1 heterocycles. The van der Waals surface area contributed by atoms with E-state index in [1.54, 1.807) is 0 Å². The van der Waals surface area contributed by atoms with Crippen LogP contribution in [0, 0.1) is 6.92 Å². The average molecular weight is 197 g/mol. The summed E-state index contributed by atoms with van der Waals surface area (Å²) in [6.45, 7) is 4.18. The van der Waals surface area contributed by atoms with Gasteiger partial charge >= 0.3 is 0 Å². The average Bonchev–Trinajstić information content (AvgIpc) is 2.03. The van der Waals surface area contributed by atoms with E-state index in [9.17, 15) is 0 Å². The van der Waals surface area contributed by atoms with E-state index >= 15 is 0 Å². The Labute approximate surface area is 83.3 Å². The molecule has 2 rings (SSSR count). The minimum absolute atomic E-state index is 0.567. The lowest BCUT2D eigenvalue weighted by Crippen LogP contribution is -2.51. The summed E-state index contributed by atoms with van der Waals surface area (Å²) in [6, 6.07) is 6.50. The van der Waals surface area contributed by atoms with E-state index in [0.717, 1.165) is 23.8 Å². The molecule has 0 atom stereocenters. The number of benzene rings is 1. The summed E-state index contributed by atoms with van der Waals surface area (Å²) in [7, 11) is 0. The van der Waals surface area contributed by atoms with E-state index in [0.29, 0.717) is 6.04 Å². The van der Waals surface area contributed by atoms with Crippen LogP contribution in [-0.4, -0.2) is 19.1 Å². The number of aryl methyl sites for hydroxylation is 1. The van der Waals surface area contributed by atoms with Crippen LogP contribution >= 0.6 is 11.6 Å². The molecule has 0 aliphatic carbocycles. The zero-order chi connectivity index (χ0) is 9.26. The van der Waals surface area contributed by atoms with Gasteiger partial charge in [-0.25, -0.2) is 0 Å². The third-order valence-corrected chi connectivity index (χ3v) is 2.58. The van der Waals surface area contributed by atoms with E-state index in [2.05, 4.69) is 17.6 Å². The van der Waals surface area contributed by atoms with Crippen molar-refractivity contribution in [3.63, 3.8) is 0 Å². The molecule has 0 amide bonds. The fourth-order valence-electron chi connectivity index (χ4n) is 1.36. The van der Waals surface area contributed by atoms with Crippen molar-refractivity contribution in [2.75, 3.05) is 18.4 Å². The van der Waals surface area contributed by atoms with Gasteiger partial charge in [-0.1, -0.05) is 17.7 Å². The first-order valence-electron chi connectivity index (χ1n) is 4.49. The molecular formula is C10H13ClN2. The molecule has 1 aromatic carbocycles. The van der Waals surface area contributed by atoms with Crippen molar-refractivity contribution in [1.29, 1.82) is 0 Å². The second-order valence-electron chi connectivity index (χ2n) is 3.46. The molecular weight excluding hydrogens is 184 g/mol. The Morgan fingerprint density at radius 2 is 2.23 bits per heavy atom. The van der Waals surface area contributed by atoms with Gasteiger partial charge in [0.15, 0.2) is 0 Å². The quantitative estimate of drug-likeness (QED) is 0.757. The van der Waals surface area contributed by atoms with Gasteiger partial charge in [0.1, 0.15) is 0 Å². The summed E-state index contributed by atoms with van der Waals surface area (Å²) in [5.74, 6) is 0. The van der Waals surface area contributed by atoms with Crippen LogP contribution < -0.4 is 10.6 Å². The predicted octanol–water partition coefficient (Wildman–Crippen LogP) is 2.03. The lowest BCUT2D eigenvalue weighted by molar-refractivity contribution is 0.472. The number of halogens is 1. The van der Waals surface area contributed by atoms with Gasteiger partial charge < -0.3 is 10.6 Å². The van der Waals surface area contributed by atoms with Crippen LogP contribution in [0.4, 0.5) is 5.69 Å². The zero-order valence-electron chi connectivity index (χ0n) is 7.60. The second kappa shape index (κ2) is 3.56. The summed E-state index contributed by atoms with van der Waals surface area (Å²) in [5.41, 5.74) is 2.40. The Kier molecular flexibility index (Phi) is 2.42. The highest BCUT2D eigenvalue weighted by Crippen LogP contribution is 2.21. The molecule has 1 fully saturated rings. The van der Waals surface area contributed by atoms with Crippen molar-refractivity contribution in [3.05, 3.63) is 28.8 Å². The molecule has 0 aromatic heterocycles. The lowest BCUT2D eigenvalue weighted by Gasteiger charge is -2.29. The molecule has 1 aromatic rings. The summed E-state index contributed by atoms with van der Waals surface area (Å²) in [4.78, 5) is 0. The third-order valence-electron chi connectivity index (χ3n) is 2.34. The highest BCUT2D eigenvalue weighted by Gasteiger charge is 2.16. The second-order valence-corrected chi connectivity index (χ2v) is 3.90. The largest absolute Gasteiger partial charge is 0.379 e. The third kappa shape index (κ3) is 1.95. The van der Waals surface area contributed by atoms with E-state index < -0.39 is 0 Å². The Hall–Kier alpha value is -0.730. The maximum atomic E-state index is 5.91. The monoisotopic (exact) mass is 196 g/mol. The maximum absolute atomic E-state index is 5.91. The van der Waals surface area contributed by atoms with Crippen molar-refractivity contribution in [2.45, 2.75) is 13.0 Å². The minimum atomic E-state index is 0.567. The van der Waals surface area contributed by atoms with E-state index in [4.69, 9.17) is 11.6 Å². The number of anilines is 1. The number of nitrogens with one attached hydrogen (secondary N) is 2. The van der Waals surface area contributed by atoms with Gasteiger partial charge in [0.25, 0.3) is 0 Å². The Bertz CT molecular complexity index is 308. The summed E-state index contributed by atoms with van der Waals surface area (Å²) >= 11 is 5.91. The van der Waals surface area contributed by atoms with Crippen molar-refractivity contribution < 1.29 is 0 Å². The number of rotatable bonds is 2. The topological polar surface area (TPSA) is 24.1 Å². The van der Waals surface area contributed by atoms with Gasteiger partial charge in [0.2, 0.25) is 0 Å². The molecule has 2 N–H and O–H groups in total. The van der Waals surface area contributed by atoms with Crippen LogP contribution in [0.25, 0.3) is 0 Å². The van der Waals surface area contributed by atoms with Gasteiger partial charge in [-0.05, 0) is 24.6 Å². The van der Waals surface area contributed by atoms with Crippen LogP contribution in [0.2, 0.25) is 5.02 Å². The van der Waals surface area contributed by atoms with Gasteiger partial charge in [-0.2, -0.15) is 0 Å².